The maximum Gasteiger partial charge on any atom is 0.153 e. The van der Waals surface area contributed by atoms with Gasteiger partial charge in [-0.3, -0.25) is 0 Å². The molecule has 0 aliphatic rings. The molecule has 0 saturated heterocycles. The summed E-state index contributed by atoms with van der Waals surface area (Å²) in [4.78, 5) is 6.89. The molecule has 1 heterocycles. The molecule has 1 aromatic carbocycles. The number of hydrogen-bond donors (Lipinski definition) is 2. The topological polar surface area (TPSA) is 40.7 Å². The number of benzene rings is 1. The van der Waals surface area contributed by atoms with Crippen molar-refractivity contribution in [1.82, 2.24) is 15.3 Å². The summed E-state index contributed by atoms with van der Waals surface area (Å²) in [5.74, 6) is -0.626. The van der Waals surface area contributed by atoms with E-state index >= 15 is 0 Å². The fourth-order valence-electron chi connectivity index (χ4n) is 1.42. The van der Waals surface area contributed by atoms with Crippen molar-refractivity contribution in [3.05, 3.63) is 29.6 Å². The summed E-state index contributed by atoms with van der Waals surface area (Å²) < 4.78 is 26.1. The van der Waals surface area contributed by atoms with E-state index in [2.05, 4.69) is 15.3 Å². The molecule has 0 aliphatic carbocycles. The number of aromatic amines is 1. The van der Waals surface area contributed by atoms with E-state index in [1.165, 1.54) is 6.07 Å². The lowest BCUT2D eigenvalue weighted by Crippen LogP contribution is -2.12. The summed E-state index contributed by atoms with van der Waals surface area (Å²) in [5, 5.41) is 3.05. The molecule has 80 valence electrons. The largest absolute Gasteiger partial charge is 0.341 e. The number of hydrogen-bond acceptors (Lipinski definition) is 2. The smallest absolute Gasteiger partial charge is 0.153 e. The summed E-state index contributed by atoms with van der Waals surface area (Å²) >= 11 is 0. The summed E-state index contributed by atoms with van der Waals surface area (Å²) in [5.41, 5.74) is 0.574. The van der Waals surface area contributed by atoms with E-state index in [1.807, 2.05) is 6.92 Å². The third kappa shape index (κ3) is 1.97. The fraction of sp³-hybridized carbons (Fsp3) is 0.300. The molecule has 0 fully saturated rings. The van der Waals surface area contributed by atoms with Crippen molar-refractivity contribution in [1.29, 1.82) is 0 Å². The summed E-state index contributed by atoms with van der Waals surface area (Å²) in [6.45, 7) is 3.28. The summed E-state index contributed by atoms with van der Waals surface area (Å²) in [6.07, 6.45) is 0. The number of aromatic nitrogens is 2. The fourth-order valence-corrected chi connectivity index (χ4v) is 1.42. The van der Waals surface area contributed by atoms with Crippen LogP contribution in [0.1, 0.15) is 12.7 Å². The minimum absolute atomic E-state index is 0.185. The predicted molar refractivity (Wildman–Crippen MR) is 53.4 cm³/mol. The second-order valence-corrected chi connectivity index (χ2v) is 3.25. The van der Waals surface area contributed by atoms with Crippen LogP contribution in [0.4, 0.5) is 8.78 Å². The van der Waals surface area contributed by atoms with Gasteiger partial charge in [0.05, 0.1) is 12.1 Å². The van der Waals surface area contributed by atoms with Gasteiger partial charge in [-0.05, 0) is 12.6 Å². The molecule has 5 heteroatoms. The van der Waals surface area contributed by atoms with E-state index in [0.29, 0.717) is 17.9 Å². The second kappa shape index (κ2) is 3.94. The van der Waals surface area contributed by atoms with Crippen LogP contribution in [0, 0.1) is 11.6 Å². The van der Waals surface area contributed by atoms with Crippen LogP contribution >= 0.6 is 0 Å². The van der Waals surface area contributed by atoms with Crippen LogP contribution in [0.15, 0.2) is 12.1 Å². The zero-order chi connectivity index (χ0) is 10.8. The Morgan fingerprint density at radius 1 is 1.40 bits per heavy atom. The number of nitrogens with one attached hydrogen (secondary N) is 2. The molecule has 15 heavy (non-hydrogen) atoms. The van der Waals surface area contributed by atoms with Crippen molar-refractivity contribution in [2.24, 2.45) is 0 Å². The van der Waals surface area contributed by atoms with Gasteiger partial charge in [0.25, 0.3) is 0 Å². The van der Waals surface area contributed by atoms with Crippen LogP contribution in [-0.4, -0.2) is 16.5 Å². The summed E-state index contributed by atoms with van der Waals surface area (Å²) in [6, 6.07) is 2.07. The molecule has 1 aromatic heterocycles. The molecule has 0 radical (unpaired) electrons. The first kappa shape index (κ1) is 10.0. The van der Waals surface area contributed by atoms with Crippen molar-refractivity contribution in [3.8, 4) is 0 Å². The summed E-state index contributed by atoms with van der Waals surface area (Å²) in [7, 11) is 0. The van der Waals surface area contributed by atoms with Crippen molar-refractivity contribution in [2.45, 2.75) is 13.5 Å². The van der Waals surface area contributed by atoms with Crippen molar-refractivity contribution < 1.29 is 8.78 Å². The normalized spacial score (nSPS) is 11.1. The Labute approximate surface area is 85.5 Å². The second-order valence-electron chi connectivity index (χ2n) is 3.25. The maximum absolute atomic E-state index is 13.2. The number of fused-ring (bicyclic) bond motifs is 1. The number of rotatable bonds is 3. The van der Waals surface area contributed by atoms with E-state index in [-0.39, 0.29) is 5.52 Å². The number of halogens is 2. The van der Waals surface area contributed by atoms with E-state index in [0.717, 1.165) is 12.6 Å². The van der Waals surface area contributed by atoms with Crippen LogP contribution in [0.3, 0.4) is 0 Å². The van der Waals surface area contributed by atoms with Gasteiger partial charge in [0.1, 0.15) is 17.2 Å². The molecule has 3 nitrogen and oxygen atoms in total. The van der Waals surface area contributed by atoms with Gasteiger partial charge in [-0.15, -0.1) is 0 Å². The first-order chi connectivity index (χ1) is 7.20. The van der Waals surface area contributed by atoms with Gasteiger partial charge in [-0.25, -0.2) is 13.8 Å². The van der Waals surface area contributed by atoms with Crippen LogP contribution in [0.2, 0.25) is 0 Å². The highest BCUT2D eigenvalue weighted by Crippen LogP contribution is 2.17. The Hall–Kier alpha value is -1.49. The van der Waals surface area contributed by atoms with E-state index in [4.69, 9.17) is 0 Å². The average Bonchev–Trinajstić information content (AvgIpc) is 2.57. The Kier molecular flexibility index (Phi) is 2.64. The third-order valence-corrected chi connectivity index (χ3v) is 2.10. The van der Waals surface area contributed by atoms with Crippen LogP contribution in [-0.2, 0) is 6.54 Å². The molecule has 0 aliphatic heterocycles. The van der Waals surface area contributed by atoms with E-state index in [1.54, 1.807) is 0 Å². The zero-order valence-corrected chi connectivity index (χ0v) is 8.27. The Bertz CT molecular complexity index is 479. The standard InChI is InChI=1S/C10H11F2N3/c1-2-13-5-9-14-8-4-6(11)3-7(12)10(8)15-9/h3-4,13H,2,5H2,1H3,(H,14,15). The highest BCUT2D eigenvalue weighted by Gasteiger charge is 2.08. The molecule has 2 aromatic rings. The van der Waals surface area contributed by atoms with Gasteiger partial charge in [-0.2, -0.15) is 0 Å². The monoisotopic (exact) mass is 211 g/mol. The molecule has 0 saturated carbocycles. The predicted octanol–water partition coefficient (Wildman–Crippen LogP) is 1.95. The Morgan fingerprint density at radius 2 is 2.20 bits per heavy atom. The molecule has 0 unspecified atom stereocenters. The lowest BCUT2D eigenvalue weighted by molar-refractivity contribution is 0.590. The molecule has 2 N–H and O–H groups in total. The minimum Gasteiger partial charge on any atom is -0.341 e. The molecule has 0 bridgehead atoms. The van der Waals surface area contributed by atoms with Crippen LogP contribution < -0.4 is 5.32 Å². The highest BCUT2D eigenvalue weighted by atomic mass is 19.1. The van der Waals surface area contributed by atoms with Gasteiger partial charge < -0.3 is 10.3 Å². The van der Waals surface area contributed by atoms with Crippen molar-refractivity contribution in [2.75, 3.05) is 6.54 Å². The minimum atomic E-state index is -0.635. The number of H-pyrrole nitrogens is 1. The Balaban J connectivity index is 2.41. The molecule has 0 atom stereocenters. The molecular weight excluding hydrogens is 200 g/mol. The van der Waals surface area contributed by atoms with Gasteiger partial charge in [0.15, 0.2) is 5.82 Å². The molecule has 0 spiro atoms. The first-order valence-corrected chi connectivity index (χ1v) is 4.75. The lowest BCUT2D eigenvalue weighted by atomic mass is 10.3. The van der Waals surface area contributed by atoms with Gasteiger partial charge in [0, 0.05) is 6.07 Å². The third-order valence-electron chi connectivity index (χ3n) is 2.10. The maximum atomic E-state index is 13.2. The average molecular weight is 211 g/mol. The quantitative estimate of drug-likeness (QED) is 0.814. The first-order valence-electron chi connectivity index (χ1n) is 4.75. The van der Waals surface area contributed by atoms with Crippen molar-refractivity contribution in [3.63, 3.8) is 0 Å². The van der Waals surface area contributed by atoms with E-state index < -0.39 is 11.6 Å². The zero-order valence-electron chi connectivity index (χ0n) is 8.27. The molecule has 2 rings (SSSR count). The SMILES string of the molecule is CCNCc1nc2c(F)cc(F)cc2[nH]1. The van der Waals surface area contributed by atoms with Crippen LogP contribution in [0.25, 0.3) is 11.0 Å². The number of imidazole rings is 1. The Morgan fingerprint density at radius 3 is 2.93 bits per heavy atom. The lowest BCUT2D eigenvalue weighted by Gasteiger charge is -1.94. The van der Waals surface area contributed by atoms with E-state index in [9.17, 15) is 8.78 Å². The van der Waals surface area contributed by atoms with Gasteiger partial charge in [0.2, 0.25) is 0 Å². The van der Waals surface area contributed by atoms with Gasteiger partial charge >= 0.3 is 0 Å². The molecule has 0 amide bonds. The van der Waals surface area contributed by atoms with Crippen LogP contribution in [0.5, 0.6) is 0 Å². The van der Waals surface area contributed by atoms with Gasteiger partial charge in [-0.1, -0.05) is 6.92 Å². The number of nitrogens with zero attached hydrogens (tertiary/aromatic N) is 1. The highest BCUT2D eigenvalue weighted by molar-refractivity contribution is 5.75. The van der Waals surface area contributed by atoms with Crippen molar-refractivity contribution >= 4 is 11.0 Å². The molecular formula is C10H11F2N3.